The van der Waals surface area contributed by atoms with E-state index in [-0.39, 0.29) is 0 Å². The summed E-state index contributed by atoms with van der Waals surface area (Å²) in [5.41, 5.74) is 0.848. The summed E-state index contributed by atoms with van der Waals surface area (Å²) in [6.07, 6.45) is -1.69. The van der Waals surface area contributed by atoms with E-state index in [4.69, 9.17) is 4.74 Å². The van der Waals surface area contributed by atoms with Gasteiger partial charge in [-0.2, -0.15) is 13.2 Å². The Kier molecular flexibility index (Phi) is 5.61. The summed E-state index contributed by atoms with van der Waals surface area (Å²) in [4.78, 5) is 3.97. The lowest BCUT2D eigenvalue weighted by Crippen LogP contribution is -2.31. The molecule has 0 aliphatic carbocycles. The van der Waals surface area contributed by atoms with Gasteiger partial charge in [-0.1, -0.05) is 0 Å². The highest BCUT2D eigenvalue weighted by Crippen LogP contribution is 2.21. The molecule has 7 heteroatoms. The van der Waals surface area contributed by atoms with Gasteiger partial charge in [0.15, 0.2) is 0 Å². The first-order valence-electron chi connectivity index (χ1n) is 5.70. The first-order valence-corrected chi connectivity index (χ1v) is 5.70. The van der Waals surface area contributed by atoms with E-state index in [9.17, 15) is 13.2 Å². The van der Waals surface area contributed by atoms with Crippen LogP contribution in [0.5, 0.6) is 0 Å². The predicted molar refractivity (Wildman–Crippen MR) is 61.1 cm³/mol. The fraction of sp³-hybridized carbons (Fsp3) is 0.727. The van der Waals surface area contributed by atoms with Gasteiger partial charge in [-0.05, 0) is 6.92 Å². The predicted octanol–water partition coefficient (Wildman–Crippen LogP) is 1.96. The molecule has 1 N–H and O–H groups in total. The van der Waals surface area contributed by atoms with Gasteiger partial charge < -0.3 is 14.6 Å². The van der Waals surface area contributed by atoms with Gasteiger partial charge in [0.05, 0.1) is 25.0 Å². The summed E-state index contributed by atoms with van der Waals surface area (Å²) in [7, 11) is 1.60. The molecule has 1 heterocycles. The molecule has 0 fully saturated rings. The van der Waals surface area contributed by atoms with E-state index >= 15 is 0 Å². The number of imidazole rings is 1. The molecule has 0 saturated carbocycles. The monoisotopic (exact) mass is 265 g/mol. The maximum atomic E-state index is 12.1. The van der Waals surface area contributed by atoms with Gasteiger partial charge in [0.25, 0.3) is 0 Å². The number of nitrogens with one attached hydrogen (secondary N) is 1. The summed E-state index contributed by atoms with van der Waals surface area (Å²) in [5, 5.41) is 2.84. The molecular formula is C11H18F3N3O. The highest BCUT2D eigenvalue weighted by molar-refractivity contribution is 4.98. The number of alkyl halides is 3. The smallest absolute Gasteiger partial charge is 0.383 e. The van der Waals surface area contributed by atoms with Crippen molar-refractivity contribution in [2.24, 2.45) is 0 Å². The normalized spacial score (nSPS) is 13.8. The van der Waals surface area contributed by atoms with Crippen LogP contribution in [-0.4, -0.2) is 35.5 Å². The molecule has 104 valence electrons. The molecule has 0 aliphatic heterocycles. The van der Waals surface area contributed by atoms with Gasteiger partial charge in [0.1, 0.15) is 0 Å². The average molecular weight is 265 g/mol. The van der Waals surface area contributed by atoms with Gasteiger partial charge in [-0.3, -0.25) is 0 Å². The SMILES string of the molecule is COCCn1cncc1CNC(C)CC(F)(F)F. The Hall–Kier alpha value is -1.08. The number of rotatable bonds is 7. The molecule has 0 aliphatic rings. The molecule has 1 unspecified atom stereocenters. The van der Waals surface area contributed by atoms with Crippen molar-refractivity contribution >= 4 is 0 Å². The molecule has 0 radical (unpaired) electrons. The van der Waals surface area contributed by atoms with Crippen LogP contribution < -0.4 is 5.32 Å². The Labute approximate surface area is 104 Å². The lowest BCUT2D eigenvalue weighted by Gasteiger charge is -2.16. The lowest BCUT2D eigenvalue weighted by atomic mass is 10.2. The van der Waals surface area contributed by atoms with E-state index in [2.05, 4.69) is 10.3 Å². The van der Waals surface area contributed by atoms with E-state index in [1.54, 1.807) is 19.6 Å². The zero-order valence-corrected chi connectivity index (χ0v) is 10.5. The van der Waals surface area contributed by atoms with Crippen LogP contribution in [0.15, 0.2) is 12.5 Å². The Balaban J connectivity index is 2.41. The van der Waals surface area contributed by atoms with Gasteiger partial charge >= 0.3 is 6.18 Å². The summed E-state index contributed by atoms with van der Waals surface area (Å²) < 4.78 is 43.2. The van der Waals surface area contributed by atoms with Crippen molar-refractivity contribution in [3.63, 3.8) is 0 Å². The zero-order chi connectivity index (χ0) is 13.6. The molecule has 0 aromatic carbocycles. The third kappa shape index (κ3) is 5.50. The van der Waals surface area contributed by atoms with Crippen LogP contribution in [0.1, 0.15) is 19.0 Å². The summed E-state index contributed by atoms with van der Waals surface area (Å²) in [6.45, 7) is 3.06. The first kappa shape index (κ1) is 15.0. The van der Waals surface area contributed by atoms with Gasteiger partial charge in [-0.15, -0.1) is 0 Å². The molecule has 1 aromatic heterocycles. The topological polar surface area (TPSA) is 39.1 Å². The number of aromatic nitrogens is 2. The number of hydrogen-bond acceptors (Lipinski definition) is 3. The standard InChI is InChI=1S/C11H18F3N3O/c1-9(5-11(12,13)14)16-7-10-6-15-8-17(10)3-4-18-2/h6,8-9,16H,3-5,7H2,1-2H3. The average Bonchev–Trinajstić information content (AvgIpc) is 2.68. The molecule has 18 heavy (non-hydrogen) atoms. The zero-order valence-electron chi connectivity index (χ0n) is 10.5. The summed E-state index contributed by atoms with van der Waals surface area (Å²) in [6, 6.07) is -0.615. The Morgan fingerprint density at radius 3 is 2.83 bits per heavy atom. The van der Waals surface area contributed by atoms with Gasteiger partial charge in [0.2, 0.25) is 0 Å². The van der Waals surface area contributed by atoms with Crippen molar-refractivity contribution in [1.29, 1.82) is 0 Å². The van der Waals surface area contributed by atoms with Crippen molar-refractivity contribution in [2.75, 3.05) is 13.7 Å². The number of hydrogen-bond donors (Lipinski definition) is 1. The number of halogens is 3. The number of nitrogens with zero attached hydrogens (tertiary/aromatic N) is 2. The van der Waals surface area contributed by atoms with E-state index < -0.39 is 18.6 Å². The van der Waals surface area contributed by atoms with Crippen LogP contribution in [0, 0.1) is 0 Å². The second kappa shape index (κ2) is 6.75. The van der Waals surface area contributed by atoms with Crippen LogP contribution in [0.4, 0.5) is 13.2 Å². The third-order valence-corrected chi connectivity index (χ3v) is 2.50. The van der Waals surface area contributed by atoms with E-state index in [0.717, 1.165) is 5.69 Å². The number of methoxy groups -OCH3 is 1. The quantitative estimate of drug-likeness (QED) is 0.819. The van der Waals surface area contributed by atoms with Crippen LogP contribution in [0.25, 0.3) is 0 Å². The minimum atomic E-state index is -4.14. The second-order valence-electron chi connectivity index (χ2n) is 4.17. The Morgan fingerprint density at radius 2 is 2.22 bits per heavy atom. The Bertz CT molecular complexity index is 352. The molecule has 4 nitrogen and oxygen atoms in total. The molecule has 0 bridgehead atoms. The summed E-state index contributed by atoms with van der Waals surface area (Å²) >= 11 is 0. The Morgan fingerprint density at radius 1 is 1.50 bits per heavy atom. The van der Waals surface area contributed by atoms with Crippen LogP contribution >= 0.6 is 0 Å². The molecular weight excluding hydrogens is 247 g/mol. The molecule has 1 rings (SSSR count). The van der Waals surface area contributed by atoms with Crippen LogP contribution in [-0.2, 0) is 17.8 Å². The molecule has 1 aromatic rings. The van der Waals surface area contributed by atoms with Crippen molar-refractivity contribution in [2.45, 2.75) is 38.7 Å². The van der Waals surface area contributed by atoms with Gasteiger partial charge in [0, 0.05) is 32.4 Å². The fourth-order valence-corrected chi connectivity index (χ4v) is 1.58. The fourth-order valence-electron chi connectivity index (χ4n) is 1.58. The molecule has 0 amide bonds. The third-order valence-electron chi connectivity index (χ3n) is 2.50. The van der Waals surface area contributed by atoms with Crippen LogP contribution in [0.3, 0.4) is 0 Å². The van der Waals surface area contributed by atoms with Crippen molar-refractivity contribution in [3.05, 3.63) is 18.2 Å². The number of ether oxygens (including phenoxy) is 1. The van der Waals surface area contributed by atoms with Crippen molar-refractivity contribution in [1.82, 2.24) is 14.9 Å². The minimum absolute atomic E-state index is 0.362. The highest BCUT2D eigenvalue weighted by Gasteiger charge is 2.29. The maximum Gasteiger partial charge on any atom is 0.390 e. The van der Waals surface area contributed by atoms with Crippen LogP contribution in [0.2, 0.25) is 0 Å². The summed E-state index contributed by atoms with van der Waals surface area (Å²) in [5.74, 6) is 0. The maximum absolute atomic E-state index is 12.1. The van der Waals surface area contributed by atoms with Crippen molar-refractivity contribution < 1.29 is 17.9 Å². The first-order chi connectivity index (χ1) is 8.42. The molecule has 0 spiro atoms. The molecule has 0 saturated heterocycles. The van der Waals surface area contributed by atoms with Crippen molar-refractivity contribution in [3.8, 4) is 0 Å². The largest absolute Gasteiger partial charge is 0.390 e. The molecule has 1 atom stereocenters. The van der Waals surface area contributed by atoms with E-state index in [0.29, 0.717) is 19.7 Å². The highest BCUT2D eigenvalue weighted by atomic mass is 19.4. The minimum Gasteiger partial charge on any atom is -0.383 e. The van der Waals surface area contributed by atoms with E-state index in [1.165, 1.54) is 6.92 Å². The van der Waals surface area contributed by atoms with E-state index in [1.807, 2.05) is 4.57 Å². The lowest BCUT2D eigenvalue weighted by molar-refractivity contribution is -0.139. The second-order valence-corrected chi connectivity index (χ2v) is 4.17. The van der Waals surface area contributed by atoms with Gasteiger partial charge in [-0.25, -0.2) is 4.98 Å².